The number of para-hydroxylation sites is 1. The van der Waals surface area contributed by atoms with Crippen LogP contribution in [0.3, 0.4) is 0 Å². The Balaban J connectivity index is 1.45. The van der Waals surface area contributed by atoms with Crippen LogP contribution < -0.4 is 9.77 Å². The van der Waals surface area contributed by atoms with Crippen LogP contribution in [-0.4, -0.2) is 45.5 Å². The normalized spacial score (nSPS) is 22.6. The lowest BCUT2D eigenvalue weighted by Gasteiger charge is -2.31. The molecule has 3 aromatic rings. The van der Waals surface area contributed by atoms with Crippen molar-refractivity contribution >= 4 is 62.4 Å². The summed E-state index contributed by atoms with van der Waals surface area (Å²) in [7, 11) is 0. The van der Waals surface area contributed by atoms with Crippen LogP contribution in [0.5, 0.6) is 0 Å². The quantitative estimate of drug-likeness (QED) is 0.344. The highest BCUT2D eigenvalue weighted by atomic mass is 79.9. The Morgan fingerprint density at radius 3 is 2.32 bits per heavy atom. The number of piperidine rings is 1. The van der Waals surface area contributed by atoms with Gasteiger partial charge in [0.05, 0.1) is 22.2 Å². The van der Waals surface area contributed by atoms with Gasteiger partial charge in [0.25, 0.3) is 0 Å². The Morgan fingerprint density at radius 2 is 1.63 bits per heavy atom. The molecule has 0 spiro atoms. The summed E-state index contributed by atoms with van der Waals surface area (Å²) in [4.78, 5) is 56.7. The summed E-state index contributed by atoms with van der Waals surface area (Å²) in [6.45, 7) is 1.02. The molecule has 6 rings (SSSR count). The first kappa shape index (κ1) is 28.2. The van der Waals surface area contributed by atoms with Gasteiger partial charge in [0, 0.05) is 28.4 Å². The molecule has 0 aliphatic carbocycles. The molecule has 3 aliphatic rings. The van der Waals surface area contributed by atoms with Crippen LogP contribution in [0.1, 0.15) is 41.2 Å². The molecule has 0 radical (unpaired) electrons. The third-order valence-electron chi connectivity index (χ3n) is 7.73. The molecular formula is C28H23BrF3N3O4S2. The number of aromatic nitrogens is 1. The topological polar surface area (TPSA) is 79.7 Å². The number of thiazole rings is 1. The summed E-state index contributed by atoms with van der Waals surface area (Å²) in [6, 6.07) is 11.6. The van der Waals surface area contributed by atoms with E-state index in [1.165, 1.54) is 16.7 Å². The van der Waals surface area contributed by atoms with E-state index in [0.717, 1.165) is 59.0 Å². The van der Waals surface area contributed by atoms with Crippen LogP contribution in [0.15, 0.2) is 62.8 Å². The zero-order valence-electron chi connectivity index (χ0n) is 21.4. The number of halogens is 4. The van der Waals surface area contributed by atoms with E-state index in [0.29, 0.717) is 33.5 Å². The van der Waals surface area contributed by atoms with Gasteiger partial charge in [0.15, 0.2) is 0 Å². The molecule has 7 nitrogen and oxygen atoms in total. The van der Waals surface area contributed by atoms with Crippen molar-refractivity contribution in [3.8, 4) is 0 Å². The fourth-order valence-electron chi connectivity index (χ4n) is 5.81. The maximum atomic E-state index is 13.9. The first-order valence-electron chi connectivity index (χ1n) is 13.0. The molecule has 2 aromatic carbocycles. The molecule has 0 N–H and O–H groups in total. The first-order chi connectivity index (χ1) is 19.6. The van der Waals surface area contributed by atoms with Gasteiger partial charge in [0.1, 0.15) is 11.8 Å². The van der Waals surface area contributed by atoms with Crippen LogP contribution in [0.25, 0.3) is 0 Å². The maximum Gasteiger partial charge on any atom is 0.418 e. The molecule has 2 unspecified atom stereocenters. The Morgan fingerprint density at radius 1 is 0.951 bits per heavy atom. The second kappa shape index (κ2) is 10.7. The molecule has 214 valence electrons. The Hall–Kier alpha value is -2.90. The number of thioether (sulfide) groups is 1. The fraction of sp³-hybridized carbons (Fsp3) is 0.357. The van der Waals surface area contributed by atoms with Gasteiger partial charge in [-0.05, 0) is 49.1 Å². The van der Waals surface area contributed by atoms with Crippen LogP contribution in [0.2, 0.25) is 0 Å². The Kier molecular flexibility index (Phi) is 7.39. The lowest BCUT2D eigenvalue weighted by Crippen LogP contribution is -2.39. The number of carbonyl (C=O) groups is 3. The van der Waals surface area contributed by atoms with E-state index in [1.54, 1.807) is 29.2 Å². The van der Waals surface area contributed by atoms with Gasteiger partial charge >= 0.3 is 11.0 Å². The van der Waals surface area contributed by atoms with E-state index in [2.05, 4.69) is 15.9 Å². The van der Waals surface area contributed by atoms with Crippen molar-refractivity contribution in [2.45, 2.75) is 48.2 Å². The van der Waals surface area contributed by atoms with Crippen molar-refractivity contribution in [2.75, 3.05) is 18.0 Å². The SMILES string of the molecule is O=C(Cn1c2c(sc1=O)[C@H](c1ccc(Br)cc1)C1C(=O)N(c3ccccc3C(F)(F)F)C(=O)C1S2)N1CCCCC1. The predicted octanol–water partition coefficient (Wildman–Crippen LogP) is 5.50. The molecule has 2 fully saturated rings. The molecule has 13 heteroatoms. The fourth-order valence-corrected chi connectivity index (χ4v) is 8.85. The van der Waals surface area contributed by atoms with Crippen molar-refractivity contribution in [2.24, 2.45) is 5.92 Å². The van der Waals surface area contributed by atoms with E-state index in [-0.39, 0.29) is 17.3 Å². The summed E-state index contributed by atoms with van der Waals surface area (Å²) < 4.78 is 43.9. The first-order valence-corrected chi connectivity index (χ1v) is 15.5. The minimum atomic E-state index is -4.78. The highest BCUT2D eigenvalue weighted by molar-refractivity contribution is 9.10. The van der Waals surface area contributed by atoms with Crippen LogP contribution in [0.4, 0.5) is 18.9 Å². The lowest BCUT2D eigenvalue weighted by atomic mass is 9.83. The second-order valence-electron chi connectivity index (χ2n) is 10.2. The van der Waals surface area contributed by atoms with Crippen LogP contribution >= 0.6 is 39.0 Å². The molecule has 2 saturated heterocycles. The predicted molar refractivity (Wildman–Crippen MR) is 152 cm³/mol. The number of benzene rings is 2. The molecule has 3 aliphatic heterocycles. The van der Waals surface area contributed by atoms with E-state index in [4.69, 9.17) is 0 Å². The smallest absolute Gasteiger partial charge is 0.341 e. The van der Waals surface area contributed by atoms with Crippen molar-refractivity contribution in [3.63, 3.8) is 0 Å². The summed E-state index contributed by atoms with van der Waals surface area (Å²) in [5.74, 6) is -3.52. The average molecular weight is 667 g/mol. The lowest BCUT2D eigenvalue weighted by molar-refractivity contribution is -0.137. The number of nitrogens with zero attached hydrogens (tertiary/aromatic N) is 3. The Bertz CT molecular complexity index is 1600. The second-order valence-corrected chi connectivity index (χ2v) is 13.2. The van der Waals surface area contributed by atoms with Crippen LogP contribution in [0, 0.1) is 5.92 Å². The number of amides is 3. The number of carbonyl (C=O) groups excluding carboxylic acids is 3. The number of fused-ring (bicyclic) bond motifs is 2. The largest absolute Gasteiger partial charge is 0.418 e. The van der Waals surface area contributed by atoms with Crippen molar-refractivity contribution < 1.29 is 27.6 Å². The summed E-state index contributed by atoms with van der Waals surface area (Å²) in [6.07, 6.45) is -1.97. The molecule has 1 aromatic heterocycles. The number of anilines is 1. The monoisotopic (exact) mass is 665 g/mol. The molecular weight excluding hydrogens is 643 g/mol. The number of alkyl halides is 3. The van der Waals surface area contributed by atoms with E-state index < -0.39 is 46.3 Å². The van der Waals surface area contributed by atoms with Gasteiger partial charge in [-0.3, -0.25) is 23.7 Å². The van der Waals surface area contributed by atoms with Gasteiger partial charge in [0.2, 0.25) is 17.7 Å². The van der Waals surface area contributed by atoms with Crippen molar-refractivity contribution in [3.05, 3.63) is 78.7 Å². The molecule has 3 amide bonds. The highest BCUT2D eigenvalue weighted by Gasteiger charge is 2.57. The zero-order valence-corrected chi connectivity index (χ0v) is 24.6. The van der Waals surface area contributed by atoms with Gasteiger partial charge < -0.3 is 4.90 Å². The molecule has 0 saturated carbocycles. The van der Waals surface area contributed by atoms with E-state index in [1.807, 2.05) is 0 Å². The minimum absolute atomic E-state index is 0.204. The van der Waals surface area contributed by atoms with Gasteiger partial charge in [-0.2, -0.15) is 13.2 Å². The number of hydrogen-bond donors (Lipinski definition) is 0. The third kappa shape index (κ3) is 4.95. The van der Waals surface area contributed by atoms with Gasteiger partial charge in [-0.15, -0.1) is 0 Å². The Labute approximate surface area is 249 Å². The number of hydrogen-bond acceptors (Lipinski definition) is 6. The van der Waals surface area contributed by atoms with E-state index >= 15 is 0 Å². The van der Waals surface area contributed by atoms with Gasteiger partial charge in [-0.25, -0.2) is 4.90 Å². The summed E-state index contributed by atoms with van der Waals surface area (Å²) in [5.41, 5.74) is -0.947. The standard InChI is InChI=1S/C28H23BrF3N3O4S2/c29-16-10-8-15(9-11-16)20-21-22(25(38)35(24(21)37)18-7-3-2-6-17(18)28(30,31)32)40-26-23(20)41-27(39)34(26)14-19(36)33-12-4-1-5-13-33/h2-3,6-11,20-22H,1,4-5,12-14H2/t20-,21?,22?/m1/s1. The number of rotatable bonds is 4. The minimum Gasteiger partial charge on any atom is -0.341 e. The van der Waals surface area contributed by atoms with E-state index in [9.17, 15) is 32.3 Å². The third-order valence-corrected chi connectivity index (χ3v) is 10.9. The summed E-state index contributed by atoms with van der Waals surface area (Å²) >= 11 is 5.29. The maximum absolute atomic E-state index is 13.9. The number of likely N-dealkylation sites (tertiary alicyclic amines) is 1. The number of imide groups is 1. The zero-order chi connectivity index (χ0) is 29.1. The van der Waals surface area contributed by atoms with Crippen molar-refractivity contribution in [1.29, 1.82) is 0 Å². The highest BCUT2D eigenvalue weighted by Crippen LogP contribution is 2.54. The molecule has 0 bridgehead atoms. The molecule has 3 atom stereocenters. The molecule has 4 heterocycles. The van der Waals surface area contributed by atoms with Crippen molar-refractivity contribution in [1.82, 2.24) is 9.47 Å². The average Bonchev–Trinajstić information content (AvgIpc) is 3.39. The van der Waals surface area contributed by atoms with Gasteiger partial charge in [-0.1, -0.05) is 63.3 Å². The molecule has 41 heavy (non-hydrogen) atoms. The van der Waals surface area contributed by atoms with Crippen LogP contribution in [-0.2, 0) is 27.1 Å². The summed E-state index contributed by atoms with van der Waals surface area (Å²) in [5, 5.41) is -0.665.